The van der Waals surface area contributed by atoms with Crippen LogP contribution in [-0.4, -0.2) is 42.4 Å². The second-order valence-corrected chi connectivity index (χ2v) is 7.71. The standard InChI is InChI=1S/C20H17Cl3N2O4/c1-29-20(28)14-10-12(5-7-16(14)23)24-18(26)17-3-2-8-25(17)19(27)13-9-11(21)4-6-15(13)22/h4-7,9-10,17H,2-3,8H2,1H3,(H,24,26). The molecule has 29 heavy (non-hydrogen) atoms. The molecule has 0 aromatic heterocycles. The molecule has 2 amide bonds. The van der Waals surface area contributed by atoms with Crippen LogP contribution in [-0.2, 0) is 9.53 Å². The molecule has 1 N–H and O–H groups in total. The Morgan fingerprint density at radius 3 is 2.45 bits per heavy atom. The third-order valence-corrected chi connectivity index (χ3v) is 5.51. The van der Waals surface area contributed by atoms with Crippen molar-refractivity contribution in [1.29, 1.82) is 0 Å². The number of methoxy groups -OCH3 is 1. The van der Waals surface area contributed by atoms with Crippen LogP contribution in [0, 0.1) is 0 Å². The third-order valence-electron chi connectivity index (χ3n) is 4.61. The van der Waals surface area contributed by atoms with E-state index >= 15 is 0 Å². The normalized spacial score (nSPS) is 15.9. The molecule has 9 heteroatoms. The zero-order valence-corrected chi connectivity index (χ0v) is 17.6. The Hall–Kier alpha value is -2.28. The predicted molar refractivity (Wildman–Crippen MR) is 112 cm³/mol. The first-order chi connectivity index (χ1) is 13.8. The maximum Gasteiger partial charge on any atom is 0.339 e. The Balaban J connectivity index is 1.79. The van der Waals surface area contributed by atoms with Crippen molar-refractivity contribution in [2.75, 3.05) is 19.0 Å². The molecule has 1 aliphatic heterocycles. The van der Waals surface area contributed by atoms with Gasteiger partial charge in [0, 0.05) is 17.3 Å². The predicted octanol–water partition coefficient (Wildman–Crippen LogP) is 4.68. The van der Waals surface area contributed by atoms with Gasteiger partial charge in [0.1, 0.15) is 6.04 Å². The summed E-state index contributed by atoms with van der Waals surface area (Å²) < 4.78 is 4.68. The Kier molecular flexibility index (Phi) is 6.67. The summed E-state index contributed by atoms with van der Waals surface area (Å²) in [6.45, 7) is 0.424. The van der Waals surface area contributed by atoms with Crippen molar-refractivity contribution in [3.05, 3.63) is 62.6 Å². The number of halogens is 3. The molecule has 0 radical (unpaired) electrons. The second-order valence-electron chi connectivity index (χ2n) is 6.46. The zero-order valence-electron chi connectivity index (χ0n) is 15.4. The van der Waals surface area contributed by atoms with Crippen molar-refractivity contribution in [2.45, 2.75) is 18.9 Å². The summed E-state index contributed by atoms with van der Waals surface area (Å²) in [5.41, 5.74) is 0.759. The number of amides is 2. The van der Waals surface area contributed by atoms with Crippen LogP contribution in [0.25, 0.3) is 0 Å². The van der Waals surface area contributed by atoms with E-state index in [4.69, 9.17) is 34.8 Å². The van der Waals surface area contributed by atoms with Gasteiger partial charge in [-0.2, -0.15) is 0 Å². The average Bonchev–Trinajstić information content (AvgIpc) is 3.20. The van der Waals surface area contributed by atoms with Crippen LogP contribution in [0.4, 0.5) is 5.69 Å². The molecule has 1 aliphatic rings. The highest BCUT2D eigenvalue weighted by atomic mass is 35.5. The van der Waals surface area contributed by atoms with Gasteiger partial charge in [-0.3, -0.25) is 9.59 Å². The third kappa shape index (κ3) is 4.66. The van der Waals surface area contributed by atoms with Crippen LogP contribution in [0.2, 0.25) is 15.1 Å². The molecule has 0 bridgehead atoms. The van der Waals surface area contributed by atoms with E-state index in [0.717, 1.165) is 0 Å². The smallest absolute Gasteiger partial charge is 0.339 e. The lowest BCUT2D eigenvalue weighted by atomic mass is 10.1. The number of carbonyl (C=O) groups excluding carboxylic acids is 3. The van der Waals surface area contributed by atoms with Gasteiger partial charge in [0.2, 0.25) is 5.91 Å². The largest absolute Gasteiger partial charge is 0.465 e. The molecule has 6 nitrogen and oxygen atoms in total. The van der Waals surface area contributed by atoms with Crippen molar-refractivity contribution >= 4 is 58.3 Å². The van der Waals surface area contributed by atoms with Gasteiger partial charge >= 0.3 is 5.97 Å². The van der Waals surface area contributed by atoms with E-state index in [1.54, 1.807) is 18.2 Å². The van der Waals surface area contributed by atoms with Crippen LogP contribution in [0.3, 0.4) is 0 Å². The summed E-state index contributed by atoms with van der Waals surface area (Å²) in [5.74, 6) is -1.34. The molecular weight excluding hydrogens is 439 g/mol. The monoisotopic (exact) mass is 454 g/mol. The Labute approximate surface area is 182 Å². The quantitative estimate of drug-likeness (QED) is 0.679. The number of nitrogens with zero attached hydrogens (tertiary/aromatic N) is 1. The van der Waals surface area contributed by atoms with Gasteiger partial charge in [-0.05, 0) is 49.2 Å². The summed E-state index contributed by atoms with van der Waals surface area (Å²) in [6.07, 6.45) is 1.18. The van der Waals surface area contributed by atoms with Gasteiger partial charge < -0.3 is 15.0 Å². The number of hydrogen-bond donors (Lipinski definition) is 1. The van der Waals surface area contributed by atoms with E-state index in [1.165, 1.54) is 30.2 Å². The van der Waals surface area contributed by atoms with Crippen LogP contribution < -0.4 is 5.32 Å². The van der Waals surface area contributed by atoms with Crippen molar-refractivity contribution in [2.24, 2.45) is 0 Å². The van der Waals surface area contributed by atoms with Gasteiger partial charge in [-0.1, -0.05) is 34.8 Å². The molecule has 1 heterocycles. The van der Waals surface area contributed by atoms with Crippen molar-refractivity contribution in [1.82, 2.24) is 4.90 Å². The van der Waals surface area contributed by atoms with Crippen LogP contribution in [0.5, 0.6) is 0 Å². The van der Waals surface area contributed by atoms with Crippen molar-refractivity contribution in [3.63, 3.8) is 0 Å². The van der Waals surface area contributed by atoms with Crippen LogP contribution in [0.15, 0.2) is 36.4 Å². The number of esters is 1. The number of benzene rings is 2. The molecule has 1 unspecified atom stereocenters. The van der Waals surface area contributed by atoms with Gasteiger partial charge in [0.15, 0.2) is 0 Å². The fourth-order valence-corrected chi connectivity index (χ4v) is 3.76. The van der Waals surface area contributed by atoms with Gasteiger partial charge in [-0.25, -0.2) is 4.79 Å². The first-order valence-electron chi connectivity index (χ1n) is 8.76. The van der Waals surface area contributed by atoms with E-state index in [2.05, 4.69) is 10.1 Å². The molecule has 0 aliphatic carbocycles. The van der Waals surface area contributed by atoms with Gasteiger partial charge in [-0.15, -0.1) is 0 Å². The van der Waals surface area contributed by atoms with Crippen molar-refractivity contribution < 1.29 is 19.1 Å². The lowest BCUT2D eigenvalue weighted by molar-refractivity contribution is -0.119. The van der Waals surface area contributed by atoms with E-state index in [0.29, 0.717) is 30.1 Å². The molecule has 152 valence electrons. The molecule has 0 spiro atoms. The Morgan fingerprint density at radius 2 is 1.72 bits per heavy atom. The highest BCUT2D eigenvalue weighted by Crippen LogP contribution is 2.27. The number of nitrogens with one attached hydrogen (secondary N) is 1. The summed E-state index contributed by atoms with van der Waals surface area (Å²) in [7, 11) is 1.24. The molecule has 1 atom stereocenters. The first-order valence-corrected chi connectivity index (χ1v) is 9.90. The lowest BCUT2D eigenvalue weighted by Gasteiger charge is -2.24. The molecular formula is C20H17Cl3N2O4. The minimum absolute atomic E-state index is 0.136. The number of rotatable bonds is 4. The van der Waals surface area contributed by atoms with E-state index in [-0.39, 0.29) is 33.0 Å². The van der Waals surface area contributed by atoms with Crippen molar-refractivity contribution in [3.8, 4) is 0 Å². The number of anilines is 1. The fourth-order valence-electron chi connectivity index (χ4n) is 3.19. The fraction of sp³-hybridized carbons (Fsp3) is 0.250. The van der Waals surface area contributed by atoms with Gasteiger partial charge in [0.05, 0.1) is 28.3 Å². The van der Waals surface area contributed by atoms with E-state index in [9.17, 15) is 14.4 Å². The van der Waals surface area contributed by atoms with E-state index in [1.807, 2.05) is 0 Å². The van der Waals surface area contributed by atoms with Crippen LogP contribution >= 0.6 is 34.8 Å². The number of likely N-dealkylation sites (tertiary alicyclic amines) is 1. The highest BCUT2D eigenvalue weighted by Gasteiger charge is 2.35. The summed E-state index contributed by atoms with van der Waals surface area (Å²) >= 11 is 18.1. The Bertz CT molecular complexity index is 980. The average molecular weight is 456 g/mol. The minimum atomic E-state index is -0.671. The number of ether oxygens (including phenoxy) is 1. The molecule has 2 aromatic rings. The van der Waals surface area contributed by atoms with E-state index < -0.39 is 12.0 Å². The minimum Gasteiger partial charge on any atom is -0.465 e. The highest BCUT2D eigenvalue weighted by molar-refractivity contribution is 6.36. The molecule has 1 saturated heterocycles. The van der Waals surface area contributed by atoms with Gasteiger partial charge in [0.25, 0.3) is 5.91 Å². The Morgan fingerprint density at radius 1 is 1.03 bits per heavy atom. The lowest BCUT2D eigenvalue weighted by Crippen LogP contribution is -2.43. The first kappa shape index (κ1) is 21.4. The molecule has 1 fully saturated rings. The maximum absolute atomic E-state index is 12.9. The topological polar surface area (TPSA) is 75.7 Å². The maximum atomic E-state index is 12.9. The SMILES string of the molecule is COC(=O)c1cc(NC(=O)C2CCCN2C(=O)c2cc(Cl)ccc2Cl)ccc1Cl. The summed E-state index contributed by atoms with van der Waals surface area (Å²) in [6, 6.07) is 8.45. The molecule has 3 rings (SSSR count). The molecule has 2 aromatic carbocycles. The second kappa shape index (κ2) is 9.03. The molecule has 0 saturated carbocycles. The summed E-state index contributed by atoms with van der Waals surface area (Å²) in [5, 5.41) is 3.60. The zero-order chi connectivity index (χ0) is 21.1. The van der Waals surface area contributed by atoms with Crippen LogP contribution in [0.1, 0.15) is 33.6 Å². The number of hydrogen-bond acceptors (Lipinski definition) is 4. The number of carbonyl (C=O) groups is 3. The summed E-state index contributed by atoms with van der Waals surface area (Å²) in [4.78, 5) is 39.0.